The summed E-state index contributed by atoms with van der Waals surface area (Å²) in [5.74, 6) is 0. The SMILES string of the molecule is CCCCCCCCCCCC[C@@H](O)[C@H](O)COS(=O)(=O)c1ccc(C)cc1. The van der Waals surface area contributed by atoms with Gasteiger partial charge in [-0.15, -0.1) is 0 Å². The first kappa shape index (κ1) is 25.1. The minimum Gasteiger partial charge on any atom is -0.390 e. The highest BCUT2D eigenvalue weighted by Crippen LogP contribution is 2.16. The van der Waals surface area contributed by atoms with Crippen LogP contribution in [-0.4, -0.2) is 37.4 Å². The van der Waals surface area contributed by atoms with Crippen molar-refractivity contribution < 1.29 is 22.8 Å². The summed E-state index contributed by atoms with van der Waals surface area (Å²) in [5, 5.41) is 20.0. The molecule has 0 saturated heterocycles. The first-order valence-corrected chi connectivity index (χ1v) is 12.1. The van der Waals surface area contributed by atoms with Crippen molar-refractivity contribution in [2.75, 3.05) is 6.61 Å². The van der Waals surface area contributed by atoms with Crippen LogP contribution in [0.15, 0.2) is 29.2 Å². The van der Waals surface area contributed by atoms with Gasteiger partial charge in [0.05, 0.1) is 17.6 Å². The van der Waals surface area contributed by atoms with Gasteiger partial charge in [0.25, 0.3) is 10.1 Å². The molecular formula is C22H38O5S. The van der Waals surface area contributed by atoms with Crippen LogP contribution >= 0.6 is 0 Å². The van der Waals surface area contributed by atoms with Gasteiger partial charge >= 0.3 is 0 Å². The van der Waals surface area contributed by atoms with E-state index in [-0.39, 0.29) is 4.90 Å². The van der Waals surface area contributed by atoms with E-state index in [0.717, 1.165) is 24.8 Å². The molecule has 0 unspecified atom stereocenters. The molecular weight excluding hydrogens is 376 g/mol. The largest absolute Gasteiger partial charge is 0.390 e. The summed E-state index contributed by atoms with van der Waals surface area (Å²) in [4.78, 5) is 0.0504. The lowest BCUT2D eigenvalue weighted by Gasteiger charge is -2.17. The van der Waals surface area contributed by atoms with Crippen molar-refractivity contribution in [3.63, 3.8) is 0 Å². The van der Waals surface area contributed by atoms with Gasteiger partial charge in [0, 0.05) is 0 Å². The zero-order valence-electron chi connectivity index (χ0n) is 17.5. The maximum absolute atomic E-state index is 12.1. The molecule has 1 rings (SSSR count). The van der Waals surface area contributed by atoms with E-state index in [1.54, 1.807) is 12.1 Å². The van der Waals surface area contributed by atoms with E-state index in [9.17, 15) is 18.6 Å². The average Bonchev–Trinajstić information content (AvgIpc) is 2.67. The van der Waals surface area contributed by atoms with Gasteiger partial charge in [-0.2, -0.15) is 8.42 Å². The molecule has 0 aliphatic heterocycles. The van der Waals surface area contributed by atoms with E-state index in [2.05, 4.69) is 6.92 Å². The lowest BCUT2D eigenvalue weighted by atomic mass is 10.0. The van der Waals surface area contributed by atoms with Crippen LogP contribution in [0.25, 0.3) is 0 Å². The van der Waals surface area contributed by atoms with Crippen LogP contribution < -0.4 is 0 Å². The van der Waals surface area contributed by atoms with Crippen LogP contribution in [0.5, 0.6) is 0 Å². The fourth-order valence-electron chi connectivity index (χ4n) is 3.08. The first-order valence-electron chi connectivity index (χ1n) is 10.7. The summed E-state index contributed by atoms with van der Waals surface area (Å²) in [5.41, 5.74) is 0.950. The van der Waals surface area contributed by atoms with Crippen molar-refractivity contribution >= 4 is 10.1 Å². The zero-order chi connectivity index (χ0) is 20.8. The maximum atomic E-state index is 12.1. The van der Waals surface area contributed by atoms with E-state index >= 15 is 0 Å². The quantitative estimate of drug-likeness (QED) is 0.302. The Morgan fingerprint density at radius 3 is 1.86 bits per heavy atom. The van der Waals surface area contributed by atoms with Gasteiger partial charge in [-0.1, -0.05) is 88.8 Å². The van der Waals surface area contributed by atoms with Gasteiger partial charge in [-0.3, -0.25) is 4.18 Å². The third-order valence-electron chi connectivity index (χ3n) is 5.00. The molecule has 0 bridgehead atoms. The van der Waals surface area contributed by atoms with E-state index in [0.29, 0.717) is 6.42 Å². The standard InChI is InChI=1S/C22H38O5S/c1-3-4-5-6-7-8-9-10-11-12-13-21(23)22(24)18-27-28(25,26)20-16-14-19(2)15-17-20/h14-17,21-24H,3-13,18H2,1-2H3/t21-,22-/m1/s1. The third kappa shape index (κ3) is 10.6. The number of hydrogen-bond acceptors (Lipinski definition) is 5. The second-order valence-corrected chi connectivity index (χ2v) is 9.27. The van der Waals surface area contributed by atoms with E-state index in [1.165, 1.54) is 57.1 Å². The highest BCUT2D eigenvalue weighted by Gasteiger charge is 2.21. The Labute approximate surface area is 171 Å². The third-order valence-corrected chi connectivity index (χ3v) is 6.30. The van der Waals surface area contributed by atoms with Crippen molar-refractivity contribution in [3.05, 3.63) is 29.8 Å². The normalized spacial score (nSPS) is 14.1. The van der Waals surface area contributed by atoms with E-state index in [1.807, 2.05) is 6.92 Å². The molecule has 0 amide bonds. The molecule has 2 N–H and O–H groups in total. The van der Waals surface area contributed by atoms with Crippen molar-refractivity contribution in [1.29, 1.82) is 0 Å². The van der Waals surface area contributed by atoms with Gasteiger partial charge in [-0.25, -0.2) is 0 Å². The Balaban J connectivity index is 2.14. The molecule has 0 heterocycles. The number of hydrogen-bond donors (Lipinski definition) is 2. The maximum Gasteiger partial charge on any atom is 0.297 e. The fourth-order valence-corrected chi connectivity index (χ4v) is 4.00. The second-order valence-electron chi connectivity index (χ2n) is 7.66. The number of unbranched alkanes of at least 4 members (excludes halogenated alkanes) is 9. The minimum absolute atomic E-state index is 0.0504. The average molecular weight is 415 g/mol. The molecule has 0 fully saturated rings. The Bertz CT molecular complexity index is 612. The summed E-state index contributed by atoms with van der Waals surface area (Å²) in [6, 6.07) is 6.31. The summed E-state index contributed by atoms with van der Waals surface area (Å²) in [6.45, 7) is 3.65. The number of aliphatic hydroxyl groups is 2. The second kappa shape index (κ2) is 14.1. The lowest BCUT2D eigenvalue weighted by Crippen LogP contribution is -2.31. The number of rotatable bonds is 16. The molecule has 6 heteroatoms. The Kier molecular flexibility index (Phi) is 12.6. The van der Waals surface area contributed by atoms with Crippen LogP contribution in [0, 0.1) is 6.92 Å². The molecule has 0 spiro atoms. The molecule has 5 nitrogen and oxygen atoms in total. The molecule has 0 aliphatic rings. The molecule has 28 heavy (non-hydrogen) atoms. The van der Waals surface area contributed by atoms with Crippen molar-refractivity contribution in [3.8, 4) is 0 Å². The van der Waals surface area contributed by atoms with Gasteiger partial charge in [0.15, 0.2) is 0 Å². The van der Waals surface area contributed by atoms with Crippen molar-refractivity contribution in [2.24, 2.45) is 0 Å². The summed E-state index contributed by atoms with van der Waals surface area (Å²) in [6.07, 6.45) is 10.3. The highest BCUT2D eigenvalue weighted by atomic mass is 32.2. The number of aryl methyl sites for hydroxylation is 1. The zero-order valence-corrected chi connectivity index (χ0v) is 18.3. The van der Waals surface area contributed by atoms with Crippen LogP contribution in [-0.2, 0) is 14.3 Å². The molecule has 0 radical (unpaired) electrons. The van der Waals surface area contributed by atoms with Gasteiger partial charge in [-0.05, 0) is 25.5 Å². The topological polar surface area (TPSA) is 83.8 Å². The van der Waals surface area contributed by atoms with Crippen molar-refractivity contribution in [1.82, 2.24) is 0 Å². The monoisotopic (exact) mass is 414 g/mol. The summed E-state index contributed by atoms with van der Waals surface area (Å²) >= 11 is 0. The van der Waals surface area contributed by atoms with Crippen LogP contribution in [0.2, 0.25) is 0 Å². The van der Waals surface area contributed by atoms with Crippen LogP contribution in [0.4, 0.5) is 0 Å². The minimum atomic E-state index is -3.92. The fraction of sp³-hybridized carbons (Fsp3) is 0.727. The lowest BCUT2D eigenvalue weighted by molar-refractivity contribution is -0.0113. The van der Waals surface area contributed by atoms with E-state index in [4.69, 9.17) is 4.18 Å². The molecule has 1 aromatic carbocycles. The predicted molar refractivity (Wildman–Crippen MR) is 113 cm³/mol. The first-order chi connectivity index (χ1) is 13.4. The summed E-state index contributed by atoms with van der Waals surface area (Å²) in [7, 11) is -3.92. The van der Waals surface area contributed by atoms with Gasteiger partial charge in [0.2, 0.25) is 0 Å². The molecule has 0 saturated carbocycles. The Morgan fingerprint density at radius 1 is 0.821 bits per heavy atom. The Hall–Kier alpha value is -0.950. The molecule has 1 aromatic rings. The molecule has 2 atom stereocenters. The number of aliphatic hydroxyl groups excluding tert-OH is 2. The van der Waals surface area contributed by atoms with Crippen LogP contribution in [0.1, 0.15) is 83.1 Å². The van der Waals surface area contributed by atoms with Crippen molar-refractivity contribution in [2.45, 2.75) is 102 Å². The molecule has 162 valence electrons. The number of benzene rings is 1. The van der Waals surface area contributed by atoms with E-state index < -0.39 is 28.9 Å². The smallest absolute Gasteiger partial charge is 0.297 e. The highest BCUT2D eigenvalue weighted by molar-refractivity contribution is 7.86. The Morgan fingerprint density at radius 2 is 1.32 bits per heavy atom. The van der Waals surface area contributed by atoms with Crippen LogP contribution in [0.3, 0.4) is 0 Å². The predicted octanol–water partition coefficient (Wildman–Crippen LogP) is 4.73. The van der Waals surface area contributed by atoms with Gasteiger partial charge in [0.1, 0.15) is 6.10 Å². The van der Waals surface area contributed by atoms with Gasteiger partial charge < -0.3 is 10.2 Å². The summed E-state index contributed by atoms with van der Waals surface area (Å²) < 4.78 is 29.1. The molecule has 0 aliphatic carbocycles. The molecule has 0 aromatic heterocycles.